The van der Waals surface area contributed by atoms with Crippen LogP contribution in [-0.2, 0) is 14.9 Å². The van der Waals surface area contributed by atoms with Crippen molar-refractivity contribution in [2.24, 2.45) is 0 Å². The number of para-hydroxylation sites is 1. The summed E-state index contributed by atoms with van der Waals surface area (Å²) in [7, 11) is -4.61. The van der Waals surface area contributed by atoms with Crippen LogP contribution in [0.25, 0.3) is 0 Å². The third kappa shape index (κ3) is 4.23. The first-order chi connectivity index (χ1) is 6.95. The summed E-state index contributed by atoms with van der Waals surface area (Å²) in [6.07, 6.45) is 0.104. The van der Waals surface area contributed by atoms with Gasteiger partial charge >= 0.3 is 35.5 Å². The summed E-state index contributed by atoms with van der Waals surface area (Å²) >= 11 is 0. The fraction of sp³-hybridized carbons (Fsp3) is 0.222. The summed E-state index contributed by atoms with van der Waals surface area (Å²) in [6.45, 7) is 1.57. The quantitative estimate of drug-likeness (QED) is 0.266. The molecule has 0 bridgehead atoms. The average molecular weight is 252 g/mol. The number of benzene rings is 1. The Kier molecular flexibility index (Phi) is 6.20. The van der Waals surface area contributed by atoms with Gasteiger partial charge in [0.05, 0.1) is 4.90 Å². The molecule has 0 aliphatic rings. The minimum atomic E-state index is -4.61. The molecule has 0 atom stereocenters. The van der Waals surface area contributed by atoms with Crippen molar-refractivity contribution in [2.45, 2.75) is 18.2 Å². The molecule has 0 spiro atoms. The van der Waals surface area contributed by atoms with Gasteiger partial charge in [-0.2, -0.15) is 0 Å². The van der Waals surface area contributed by atoms with Crippen LogP contribution < -0.4 is 34.3 Å². The molecule has 0 aliphatic heterocycles. The molecule has 0 aliphatic carbocycles. The zero-order valence-electron chi connectivity index (χ0n) is 8.97. The Morgan fingerprint density at radius 1 is 1.38 bits per heavy atom. The number of esters is 1. The van der Waals surface area contributed by atoms with Crippen molar-refractivity contribution in [3.63, 3.8) is 0 Å². The predicted octanol–water partition coefficient (Wildman–Crippen LogP) is -2.09. The first kappa shape index (κ1) is 15.6. The van der Waals surface area contributed by atoms with Crippen LogP contribution in [0.1, 0.15) is 13.3 Å². The predicted molar refractivity (Wildman–Crippen MR) is 50.3 cm³/mol. The molecule has 0 heterocycles. The van der Waals surface area contributed by atoms with Gasteiger partial charge in [0.25, 0.3) is 0 Å². The number of ether oxygens (including phenoxy) is 1. The Balaban J connectivity index is 0.00000225. The summed E-state index contributed by atoms with van der Waals surface area (Å²) in [5.74, 6) is -0.814. The van der Waals surface area contributed by atoms with E-state index in [0.29, 0.717) is 0 Å². The van der Waals surface area contributed by atoms with Crippen LogP contribution in [0.4, 0.5) is 0 Å². The van der Waals surface area contributed by atoms with E-state index in [-0.39, 0.29) is 41.7 Å². The van der Waals surface area contributed by atoms with Gasteiger partial charge in [-0.15, -0.1) is 0 Å². The molecule has 5 nitrogen and oxygen atoms in total. The van der Waals surface area contributed by atoms with Gasteiger partial charge in [0.15, 0.2) is 0 Å². The number of hydrogen-bond donors (Lipinski definition) is 0. The minimum absolute atomic E-state index is 0. The van der Waals surface area contributed by atoms with E-state index in [4.69, 9.17) is 4.74 Å². The summed E-state index contributed by atoms with van der Waals surface area (Å²) in [6, 6.07) is 5.22. The van der Waals surface area contributed by atoms with Crippen molar-refractivity contribution in [1.82, 2.24) is 0 Å². The third-order valence-corrected chi connectivity index (χ3v) is 2.51. The molecule has 0 saturated heterocycles. The zero-order valence-corrected chi connectivity index (χ0v) is 11.8. The van der Waals surface area contributed by atoms with Crippen molar-refractivity contribution >= 4 is 16.1 Å². The van der Waals surface area contributed by atoms with Gasteiger partial charge in [-0.3, -0.25) is 4.79 Å². The van der Waals surface area contributed by atoms with E-state index >= 15 is 0 Å². The smallest absolute Gasteiger partial charge is 0.744 e. The number of hydrogen-bond acceptors (Lipinski definition) is 5. The molecular formula is C9H9NaO5S. The molecular weight excluding hydrogens is 243 g/mol. The second kappa shape index (κ2) is 6.36. The molecule has 1 aromatic carbocycles. The van der Waals surface area contributed by atoms with Crippen LogP contribution >= 0.6 is 0 Å². The number of rotatable bonds is 3. The topological polar surface area (TPSA) is 83.5 Å². The first-order valence-electron chi connectivity index (χ1n) is 4.20. The van der Waals surface area contributed by atoms with Crippen molar-refractivity contribution in [3.8, 4) is 5.75 Å². The Bertz CT molecular complexity index is 469. The molecule has 82 valence electrons. The van der Waals surface area contributed by atoms with E-state index in [1.165, 1.54) is 18.2 Å². The van der Waals surface area contributed by atoms with E-state index in [0.717, 1.165) is 6.07 Å². The van der Waals surface area contributed by atoms with Crippen LogP contribution in [0.15, 0.2) is 29.2 Å². The van der Waals surface area contributed by atoms with Gasteiger partial charge in [-0.05, 0) is 12.1 Å². The Labute approximate surface area is 116 Å². The van der Waals surface area contributed by atoms with Gasteiger partial charge in [-0.1, -0.05) is 19.1 Å². The first-order valence-corrected chi connectivity index (χ1v) is 5.61. The fourth-order valence-corrected chi connectivity index (χ4v) is 1.54. The van der Waals surface area contributed by atoms with Gasteiger partial charge < -0.3 is 9.29 Å². The maximum Gasteiger partial charge on any atom is 1.00 e. The van der Waals surface area contributed by atoms with Gasteiger partial charge in [0.2, 0.25) is 0 Å². The van der Waals surface area contributed by atoms with Crippen molar-refractivity contribution in [3.05, 3.63) is 24.3 Å². The normalized spacial score (nSPS) is 10.4. The van der Waals surface area contributed by atoms with Crippen LogP contribution in [-0.4, -0.2) is 18.9 Å². The molecule has 1 aromatic rings. The Morgan fingerprint density at radius 2 is 1.94 bits per heavy atom. The average Bonchev–Trinajstić information content (AvgIpc) is 2.17. The van der Waals surface area contributed by atoms with Crippen LogP contribution in [0.2, 0.25) is 0 Å². The molecule has 0 fully saturated rings. The van der Waals surface area contributed by atoms with Crippen molar-refractivity contribution < 1.29 is 52.1 Å². The summed E-state index contributed by atoms with van der Waals surface area (Å²) in [5.41, 5.74) is 0. The molecule has 16 heavy (non-hydrogen) atoms. The van der Waals surface area contributed by atoms with E-state index in [2.05, 4.69) is 0 Å². The van der Waals surface area contributed by atoms with E-state index in [9.17, 15) is 17.8 Å². The molecule has 1 rings (SSSR count). The van der Waals surface area contributed by atoms with E-state index in [1.54, 1.807) is 6.92 Å². The number of carbonyl (C=O) groups excluding carboxylic acids is 1. The van der Waals surface area contributed by atoms with Crippen molar-refractivity contribution in [2.75, 3.05) is 0 Å². The van der Waals surface area contributed by atoms with Crippen molar-refractivity contribution in [1.29, 1.82) is 0 Å². The second-order valence-electron chi connectivity index (χ2n) is 2.73. The zero-order chi connectivity index (χ0) is 11.5. The van der Waals surface area contributed by atoms with Crippen LogP contribution in [0.3, 0.4) is 0 Å². The van der Waals surface area contributed by atoms with E-state index < -0.39 is 21.0 Å². The Morgan fingerprint density at radius 3 is 2.44 bits per heavy atom. The third-order valence-electron chi connectivity index (χ3n) is 1.63. The van der Waals surface area contributed by atoms with Gasteiger partial charge in [-0.25, -0.2) is 8.42 Å². The van der Waals surface area contributed by atoms with Crippen LogP contribution in [0.5, 0.6) is 5.75 Å². The van der Waals surface area contributed by atoms with E-state index in [1.807, 2.05) is 0 Å². The SMILES string of the molecule is CCC(=O)Oc1ccccc1S(=O)(=O)[O-].[Na+]. The molecule has 0 unspecified atom stereocenters. The fourth-order valence-electron chi connectivity index (χ4n) is 0.936. The molecule has 0 amide bonds. The maximum atomic E-state index is 10.9. The standard InChI is InChI=1S/C9H10O5S.Na/c1-2-9(10)14-7-5-3-4-6-8(7)15(11,12)13;/h3-6H,2H2,1H3,(H,11,12,13);/q;+1/p-1. The minimum Gasteiger partial charge on any atom is -0.744 e. The Hall–Kier alpha value is -0.400. The molecule has 0 saturated carbocycles. The molecule has 0 N–H and O–H groups in total. The maximum absolute atomic E-state index is 10.9. The van der Waals surface area contributed by atoms with Crippen LogP contribution in [0, 0.1) is 0 Å². The molecule has 0 radical (unpaired) electrons. The summed E-state index contributed by atoms with van der Waals surface area (Å²) in [4.78, 5) is 10.4. The monoisotopic (exact) mass is 252 g/mol. The largest absolute Gasteiger partial charge is 1.00 e. The summed E-state index contributed by atoms with van der Waals surface area (Å²) in [5, 5.41) is 0. The second-order valence-corrected chi connectivity index (χ2v) is 4.08. The van der Waals surface area contributed by atoms with Gasteiger partial charge in [0, 0.05) is 6.42 Å². The summed E-state index contributed by atoms with van der Waals surface area (Å²) < 4.78 is 37.0. The molecule has 7 heteroatoms. The van der Waals surface area contributed by atoms with Gasteiger partial charge in [0.1, 0.15) is 15.9 Å². The number of carbonyl (C=O) groups is 1. The molecule has 0 aromatic heterocycles.